The van der Waals surface area contributed by atoms with Crippen LogP contribution in [0.3, 0.4) is 0 Å². The second kappa shape index (κ2) is 7.73. The first kappa shape index (κ1) is 17.0. The van der Waals surface area contributed by atoms with Gasteiger partial charge in [0.05, 0.1) is 30.3 Å². The number of benzene rings is 1. The van der Waals surface area contributed by atoms with Crippen LogP contribution in [-0.4, -0.2) is 28.6 Å². The number of carboxylic acids is 1. The van der Waals surface area contributed by atoms with E-state index in [0.717, 1.165) is 0 Å². The maximum Gasteiger partial charge on any atom is 0.309 e. The molecule has 0 saturated carbocycles. The molecule has 7 heteroatoms. The van der Waals surface area contributed by atoms with E-state index >= 15 is 0 Å². The summed E-state index contributed by atoms with van der Waals surface area (Å²) in [6.07, 6.45) is -0.141. The molecule has 122 valence electrons. The molecule has 1 atom stereocenters. The Balaban J connectivity index is 2.08. The minimum atomic E-state index is -0.940. The Labute approximate surface area is 138 Å². The van der Waals surface area contributed by atoms with E-state index in [0.29, 0.717) is 28.7 Å². The molecule has 2 aromatic rings. The average Bonchev–Trinajstić information content (AvgIpc) is 2.96. The molecular formula is C16H18N2O4S. The van der Waals surface area contributed by atoms with Crippen LogP contribution in [0.1, 0.15) is 30.5 Å². The van der Waals surface area contributed by atoms with Crippen molar-refractivity contribution in [2.45, 2.75) is 26.2 Å². The topological polar surface area (TPSA) is 88.5 Å². The number of thiazole rings is 1. The quantitative estimate of drug-likeness (QED) is 0.813. The molecule has 0 bridgehead atoms. The maximum atomic E-state index is 12.4. The second-order valence-corrected chi connectivity index (χ2v) is 5.78. The summed E-state index contributed by atoms with van der Waals surface area (Å²) in [4.78, 5) is 27.3. The van der Waals surface area contributed by atoms with Gasteiger partial charge in [0.1, 0.15) is 10.8 Å². The number of nitrogens with one attached hydrogen (secondary N) is 1. The van der Waals surface area contributed by atoms with Crippen molar-refractivity contribution in [1.29, 1.82) is 0 Å². The molecule has 6 nitrogen and oxygen atoms in total. The van der Waals surface area contributed by atoms with Crippen LogP contribution in [0, 0.1) is 0 Å². The molecule has 0 aliphatic rings. The highest BCUT2D eigenvalue weighted by molar-refractivity contribution is 7.09. The number of para-hydroxylation sites is 2. The number of carbonyl (C=O) groups is 2. The Morgan fingerprint density at radius 1 is 1.39 bits per heavy atom. The van der Waals surface area contributed by atoms with Gasteiger partial charge in [-0.25, -0.2) is 4.98 Å². The Hall–Kier alpha value is -2.41. The molecule has 2 rings (SSSR count). The predicted octanol–water partition coefficient (Wildman–Crippen LogP) is 2.91. The number of hydrogen-bond donors (Lipinski definition) is 2. The number of nitrogens with zero attached hydrogens (tertiary/aromatic N) is 1. The predicted molar refractivity (Wildman–Crippen MR) is 88.1 cm³/mol. The van der Waals surface area contributed by atoms with Gasteiger partial charge in [0.25, 0.3) is 0 Å². The summed E-state index contributed by atoms with van der Waals surface area (Å²) in [5.74, 6) is -1.02. The number of rotatable bonds is 7. The smallest absolute Gasteiger partial charge is 0.309 e. The van der Waals surface area contributed by atoms with Gasteiger partial charge in [0.2, 0.25) is 5.91 Å². The van der Waals surface area contributed by atoms with Crippen molar-refractivity contribution in [1.82, 2.24) is 4.98 Å². The van der Waals surface area contributed by atoms with Crippen molar-refractivity contribution >= 4 is 28.9 Å². The zero-order valence-electron chi connectivity index (χ0n) is 12.9. The highest BCUT2D eigenvalue weighted by atomic mass is 32.1. The standard InChI is InChI=1S/C16H18N2O4S/c1-3-22-13-7-5-4-6-12(13)18-15(21)10(2)16-17-11(9-23-16)8-14(19)20/h4-7,9-10H,3,8H2,1-2H3,(H,18,21)(H,19,20)/t10-/m1/s1. The summed E-state index contributed by atoms with van der Waals surface area (Å²) in [7, 11) is 0. The molecule has 0 unspecified atom stereocenters. The van der Waals surface area contributed by atoms with Crippen LogP contribution in [0.25, 0.3) is 0 Å². The molecule has 1 amide bonds. The Kier molecular flexibility index (Phi) is 5.70. The van der Waals surface area contributed by atoms with E-state index < -0.39 is 11.9 Å². The number of ether oxygens (including phenoxy) is 1. The van der Waals surface area contributed by atoms with Gasteiger partial charge in [-0.1, -0.05) is 12.1 Å². The summed E-state index contributed by atoms with van der Waals surface area (Å²) >= 11 is 1.29. The zero-order chi connectivity index (χ0) is 16.8. The molecule has 0 saturated heterocycles. The Morgan fingerprint density at radius 3 is 2.83 bits per heavy atom. The molecule has 0 radical (unpaired) electrons. The van der Waals surface area contributed by atoms with Crippen LogP contribution in [0.2, 0.25) is 0 Å². The van der Waals surface area contributed by atoms with Crippen LogP contribution >= 0.6 is 11.3 Å². The second-order valence-electron chi connectivity index (χ2n) is 4.89. The molecule has 0 aliphatic heterocycles. The SMILES string of the molecule is CCOc1ccccc1NC(=O)[C@@H](C)c1nc(CC(=O)O)cs1. The van der Waals surface area contributed by atoms with Gasteiger partial charge in [-0.2, -0.15) is 0 Å². The summed E-state index contributed by atoms with van der Waals surface area (Å²) in [5, 5.41) is 13.9. The highest BCUT2D eigenvalue weighted by Crippen LogP contribution is 2.27. The highest BCUT2D eigenvalue weighted by Gasteiger charge is 2.20. The summed E-state index contributed by atoms with van der Waals surface area (Å²) < 4.78 is 5.48. The number of aliphatic carboxylic acids is 1. The van der Waals surface area contributed by atoms with Crippen molar-refractivity contribution in [3.8, 4) is 5.75 Å². The van der Waals surface area contributed by atoms with Crippen molar-refractivity contribution in [2.75, 3.05) is 11.9 Å². The van der Waals surface area contributed by atoms with E-state index in [1.807, 2.05) is 19.1 Å². The maximum absolute atomic E-state index is 12.4. The summed E-state index contributed by atoms with van der Waals surface area (Å²) in [6.45, 7) is 4.12. The molecule has 1 heterocycles. The zero-order valence-corrected chi connectivity index (χ0v) is 13.7. The lowest BCUT2D eigenvalue weighted by Gasteiger charge is -2.13. The van der Waals surface area contributed by atoms with Crippen molar-refractivity contribution < 1.29 is 19.4 Å². The van der Waals surface area contributed by atoms with E-state index in [2.05, 4.69) is 10.3 Å². The Bertz CT molecular complexity index is 699. The summed E-state index contributed by atoms with van der Waals surface area (Å²) in [5.41, 5.74) is 1.07. The van der Waals surface area contributed by atoms with E-state index in [-0.39, 0.29) is 12.3 Å². The lowest BCUT2D eigenvalue weighted by Crippen LogP contribution is -2.19. The third-order valence-electron chi connectivity index (χ3n) is 3.11. The van der Waals surface area contributed by atoms with E-state index in [9.17, 15) is 9.59 Å². The monoisotopic (exact) mass is 334 g/mol. The van der Waals surface area contributed by atoms with Crippen LogP contribution in [0.15, 0.2) is 29.6 Å². The normalized spacial score (nSPS) is 11.7. The van der Waals surface area contributed by atoms with E-state index in [1.165, 1.54) is 11.3 Å². The number of amides is 1. The third kappa shape index (κ3) is 4.53. The van der Waals surface area contributed by atoms with Gasteiger partial charge in [-0.3, -0.25) is 9.59 Å². The average molecular weight is 334 g/mol. The number of carbonyl (C=O) groups excluding carboxylic acids is 1. The fourth-order valence-corrected chi connectivity index (χ4v) is 2.84. The van der Waals surface area contributed by atoms with Gasteiger partial charge in [-0.15, -0.1) is 11.3 Å². The van der Waals surface area contributed by atoms with Crippen molar-refractivity contribution in [3.63, 3.8) is 0 Å². The van der Waals surface area contributed by atoms with Gasteiger partial charge >= 0.3 is 5.97 Å². The van der Waals surface area contributed by atoms with Crippen molar-refractivity contribution in [2.24, 2.45) is 0 Å². The molecule has 0 fully saturated rings. The number of carboxylic acid groups (broad SMARTS) is 1. The number of anilines is 1. The molecule has 2 N–H and O–H groups in total. The van der Waals surface area contributed by atoms with Crippen molar-refractivity contribution in [3.05, 3.63) is 40.3 Å². The van der Waals surface area contributed by atoms with Crippen LogP contribution in [0.4, 0.5) is 5.69 Å². The van der Waals surface area contributed by atoms with Gasteiger partial charge in [0, 0.05) is 5.38 Å². The minimum Gasteiger partial charge on any atom is -0.492 e. The molecule has 0 spiro atoms. The number of hydrogen-bond acceptors (Lipinski definition) is 5. The largest absolute Gasteiger partial charge is 0.492 e. The summed E-state index contributed by atoms with van der Waals surface area (Å²) in [6, 6.07) is 7.21. The van der Waals surface area contributed by atoms with Crippen LogP contribution in [-0.2, 0) is 16.0 Å². The van der Waals surface area contributed by atoms with Gasteiger partial charge in [0.15, 0.2) is 0 Å². The van der Waals surface area contributed by atoms with Gasteiger partial charge in [-0.05, 0) is 26.0 Å². The third-order valence-corrected chi connectivity index (χ3v) is 4.19. The van der Waals surface area contributed by atoms with Crippen LogP contribution in [0.5, 0.6) is 5.75 Å². The first-order valence-corrected chi connectivity index (χ1v) is 8.08. The molecule has 1 aromatic heterocycles. The first-order chi connectivity index (χ1) is 11.0. The van der Waals surface area contributed by atoms with E-state index in [1.54, 1.807) is 24.4 Å². The van der Waals surface area contributed by atoms with Gasteiger partial charge < -0.3 is 15.2 Å². The number of aromatic nitrogens is 1. The fraction of sp³-hybridized carbons (Fsp3) is 0.312. The molecule has 1 aromatic carbocycles. The molecule has 0 aliphatic carbocycles. The minimum absolute atomic E-state index is 0.141. The fourth-order valence-electron chi connectivity index (χ4n) is 1.96. The van der Waals surface area contributed by atoms with E-state index in [4.69, 9.17) is 9.84 Å². The Morgan fingerprint density at radius 2 is 2.13 bits per heavy atom. The van der Waals surface area contributed by atoms with Crippen LogP contribution < -0.4 is 10.1 Å². The first-order valence-electron chi connectivity index (χ1n) is 7.20. The lowest BCUT2D eigenvalue weighted by atomic mass is 10.1. The molecule has 23 heavy (non-hydrogen) atoms. The molecular weight excluding hydrogens is 316 g/mol. The lowest BCUT2D eigenvalue weighted by molar-refractivity contribution is -0.136.